The summed E-state index contributed by atoms with van der Waals surface area (Å²) >= 11 is 13.5. The molecule has 0 aliphatic heterocycles. The molecule has 6 heteroatoms. The van der Waals surface area contributed by atoms with Gasteiger partial charge in [0.1, 0.15) is 5.75 Å². The Morgan fingerprint density at radius 1 is 1.11 bits per heavy atom. The molecule has 0 heterocycles. The minimum Gasteiger partial charge on any atom is -0.496 e. The number of hydrogen-bond acceptors (Lipinski definition) is 3. The van der Waals surface area contributed by atoms with Crippen molar-refractivity contribution in [2.24, 2.45) is 0 Å². The molecule has 152 valence electrons. The van der Waals surface area contributed by atoms with Crippen LogP contribution >= 0.6 is 35.0 Å². The molecule has 2 aromatic carbocycles. The topological polar surface area (TPSA) is 38.3 Å². The maximum Gasteiger partial charge on any atom is 0.230 e. The van der Waals surface area contributed by atoms with Crippen LogP contribution in [0.2, 0.25) is 10.0 Å². The molecule has 0 radical (unpaired) electrons. The second-order valence-corrected chi connectivity index (χ2v) is 8.94. The van der Waals surface area contributed by atoms with E-state index in [1.54, 1.807) is 24.9 Å². The number of carbonyl (C=O) groups excluding carboxylic acids is 1. The van der Waals surface area contributed by atoms with E-state index < -0.39 is 0 Å². The zero-order valence-corrected chi connectivity index (χ0v) is 19.3. The summed E-state index contributed by atoms with van der Waals surface area (Å²) in [6.45, 7) is 8.34. The summed E-state index contributed by atoms with van der Waals surface area (Å²) in [6, 6.07) is 9.67. The number of rotatable bonds is 8. The van der Waals surface area contributed by atoms with Gasteiger partial charge in [0, 0.05) is 5.75 Å². The van der Waals surface area contributed by atoms with Crippen LogP contribution in [0.4, 0.5) is 0 Å². The number of carbonyl (C=O) groups is 1. The number of aryl methyl sites for hydroxylation is 1. The zero-order chi connectivity index (χ0) is 20.8. The van der Waals surface area contributed by atoms with Crippen LogP contribution < -0.4 is 10.1 Å². The van der Waals surface area contributed by atoms with Gasteiger partial charge >= 0.3 is 0 Å². The standard InChI is InChI=1S/C22H27Cl2NO2S/c1-13(2)17-10-18(14(3)8-21(17)27-5)15(4)25-22(26)12-28-11-16-6-7-19(23)20(24)9-16/h6-10,13,15H,11-12H2,1-5H3,(H,25,26)/t15-/m0/s1. The Balaban J connectivity index is 1.96. The van der Waals surface area contributed by atoms with Crippen molar-refractivity contribution in [2.75, 3.05) is 12.9 Å². The number of ether oxygens (including phenoxy) is 1. The van der Waals surface area contributed by atoms with Gasteiger partial charge in [0.25, 0.3) is 0 Å². The molecule has 0 saturated carbocycles. The molecule has 0 aromatic heterocycles. The van der Waals surface area contributed by atoms with Gasteiger partial charge in [-0.25, -0.2) is 0 Å². The highest BCUT2D eigenvalue weighted by Gasteiger charge is 2.17. The zero-order valence-electron chi connectivity index (χ0n) is 16.9. The number of methoxy groups -OCH3 is 1. The molecule has 0 saturated heterocycles. The second-order valence-electron chi connectivity index (χ2n) is 7.14. The minimum atomic E-state index is -0.0681. The van der Waals surface area contributed by atoms with Crippen molar-refractivity contribution in [2.45, 2.75) is 45.4 Å². The van der Waals surface area contributed by atoms with Crippen LogP contribution in [0.1, 0.15) is 55.0 Å². The highest BCUT2D eigenvalue weighted by atomic mass is 35.5. The van der Waals surface area contributed by atoms with Crippen molar-refractivity contribution >= 4 is 40.9 Å². The van der Waals surface area contributed by atoms with E-state index in [-0.39, 0.29) is 11.9 Å². The summed E-state index contributed by atoms with van der Waals surface area (Å²) in [7, 11) is 1.69. The van der Waals surface area contributed by atoms with E-state index in [1.165, 1.54) is 0 Å². The van der Waals surface area contributed by atoms with Gasteiger partial charge in [0.05, 0.1) is 28.9 Å². The van der Waals surface area contributed by atoms with Crippen LogP contribution in [0.3, 0.4) is 0 Å². The molecule has 0 aliphatic rings. The maximum atomic E-state index is 12.4. The quantitative estimate of drug-likeness (QED) is 0.506. The molecule has 0 aliphatic carbocycles. The van der Waals surface area contributed by atoms with E-state index >= 15 is 0 Å². The van der Waals surface area contributed by atoms with E-state index in [2.05, 4.69) is 25.2 Å². The molecule has 0 spiro atoms. The fourth-order valence-electron chi connectivity index (χ4n) is 3.06. The van der Waals surface area contributed by atoms with Crippen LogP contribution in [-0.2, 0) is 10.5 Å². The lowest BCUT2D eigenvalue weighted by Crippen LogP contribution is -2.28. The maximum absolute atomic E-state index is 12.4. The smallest absolute Gasteiger partial charge is 0.230 e. The molecule has 1 amide bonds. The lowest BCUT2D eigenvalue weighted by molar-refractivity contribution is -0.119. The molecule has 1 N–H and O–H groups in total. The van der Waals surface area contributed by atoms with Crippen molar-refractivity contribution in [3.05, 3.63) is 62.6 Å². The predicted molar refractivity (Wildman–Crippen MR) is 121 cm³/mol. The first kappa shape index (κ1) is 22.9. The first-order valence-corrected chi connectivity index (χ1v) is 11.1. The third kappa shape index (κ3) is 6.07. The van der Waals surface area contributed by atoms with Crippen molar-refractivity contribution < 1.29 is 9.53 Å². The molecule has 1 atom stereocenters. The molecule has 2 aromatic rings. The van der Waals surface area contributed by atoms with E-state index in [0.717, 1.165) is 28.0 Å². The average molecular weight is 440 g/mol. The van der Waals surface area contributed by atoms with Gasteiger partial charge in [-0.3, -0.25) is 4.79 Å². The Bertz CT molecular complexity index is 840. The number of hydrogen-bond donors (Lipinski definition) is 1. The largest absolute Gasteiger partial charge is 0.496 e. The summed E-state index contributed by atoms with van der Waals surface area (Å²) in [5, 5.41) is 4.17. The van der Waals surface area contributed by atoms with Crippen molar-refractivity contribution in [3.63, 3.8) is 0 Å². The average Bonchev–Trinajstić information content (AvgIpc) is 2.63. The van der Waals surface area contributed by atoms with Gasteiger partial charge in [0.2, 0.25) is 5.91 Å². The number of amides is 1. The molecule has 0 unspecified atom stereocenters. The Hall–Kier alpha value is -1.36. The van der Waals surface area contributed by atoms with Gasteiger partial charge in [-0.1, -0.05) is 43.1 Å². The van der Waals surface area contributed by atoms with Crippen LogP contribution in [0.25, 0.3) is 0 Å². The third-order valence-corrected chi connectivity index (χ3v) is 6.31. The van der Waals surface area contributed by atoms with Crippen molar-refractivity contribution in [1.82, 2.24) is 5.32 Å². The second kappa shape index (κ2) is 10.4. The van der Waals surface area contributed by atoms with Gasteiger partial charge < -0.3 is 10.1 Å². The predicted octanol–water partition coefficient (Wildman–Crippen LogP) is 6.54. The molecular formula is C22H27Cl2NO2S. The molecule has 3 nitrogen and oxygen atoms in total. The molecule has 2 rings (SSSR count). The fourth-order valence-corrected chi connectivity index (χ4v) is 4.17. The van der Waals surface area contributed by atoms with E-state index in [0.29, 0.717) is 27.5 Å². The third-order valence-electron chi connectivity index (χ3n) is 4.57. The number of thioether (sulfide) groups is 1. The normalized spacial score (nSPS) is 12.1. The molecule has 0 fully saturated rings. The SMILES string of the molecule is COc1cc(C)c([C@H](C)NC(=O)CSCc2ccc(Cl)c(Cl)c2)cc1C(C)C. The number of halogens is 2. The summed E-state index contributed by atoms with van der Waals surface area (Å²) in [4.78, 5) is 12.4. The lowest BCUT2D eigenvalue weighted by Gasteiger charge is -2.21. The Labute approximate surface area is 182 Å². The first-order chi connectivity index (χ1) is 13.2. The summed E-state index contributed by atoms with van der Waals surface area (Å²) in [5.74, 6) is 2.35. The van der Waals surface area contributed by atoms with Crippen LogP contribution in [0, 0.1) is 6.92 Å². The van der Waals surface area contributed by atoms with E-state index in [4.69, 9.17) is 27.9 Å². The molecular weight excluding hydrogens is 413 g/mol. The Morgan fingerprint density at radius 2 is 1.82 bits per heavy atom. The van der Waals surface area contributed by atoms with Crippen LogP contribution in [-0.4, -0.2) is 18.8 Å². The van der Waals surface area contributed by atoms with Crippen molar-refractivity contribution in [1.29, 1.82) is 0 Å². The summed E-state index contributed by atoms with van der Waals surface area (Å²) in [5.41, 5.74) is 4.43. The van der Waals surface area contributed by atoms with Gasteiger partial charge in [-0.15, -0.1) is 11.8 Å². The highest BCUT2D eigenvalue weighted by Crippen LogP contribution is 2.32. The van der Waals surface area contributed by atoms with Crippen molar-refractivity contribution in [3.8, 4) is 5.75 Å². The first-order valence-electron chi connectivity index (χ1n) is 9.22. The minimum absolute atomic E-state index is 0.0128. The summed E-state index contributed by atoms with van der Waals surface area (Å²) < 4.78 is 5.51. The lowest BCUT2D eigenvalue weighted by atomic mass is 9.93. The van der Waals surface area contributed by atoms with E-state index in [9.17, 15) is 4.79 Å². The van der Waals surface area contributed by atoms with Crippen LogP contribution in [0.15, 0.2) is 30.3 Å². The summed E-state index contributed by atoms with van der Waals surface area (Å²) in [6.07, 6.45) is 0. The van der Waals surface area contributed by atoms with E-state index in [1.807, 2.05) is 32.0 Å². The number of nitrogens with one attached hydrogen (secondary N) is 1. The highest BCUT2D eigenvalue weighted by molar-refractivity contribution is 7.99. The Kier molecular flexibility index (Phi) is 8.54. The fraction of sp³-hybridized carbons (Fsp3) is 0.409. The van der Waals surface area contributed by atoms with Crippen LogP contribution in [0.5, 0.6) is 5.75 Å². The van der Waals surface area contributed by atoms with Gasteiger partial charge in [0.15, 0.2) is 0 Å². The molecule has 0 bridgehead atoms. The van der Waals surface area contributed by atoms with Gasteiger partial charge in [-0.05, 0) is 66.3 Å². The Morgan fingerprint density at radius 3 is 2.43 bits per heavy atom. The molecule has 28 heavy (non-hydrogen) atoms. The monoisotopic (exact) mass is 439 g/mol. The number of benzene rings is 2. The van der Waals surface area contributed by atoms with Gasteiger partial charge in [-0.2, -0.15) is 0 Å².